The average molecular weight is 547 g/mol. The first-order valence-corrected chi connectivity index (χ1v) is 14.4. The molecule has 3 heterocycles. The Morgan fingerprint density at radius 3 is 2.68 bits per heavy atom. The molecule has 0 aliphatic carbocycles. The Morgan fingerprint density at radius 1 is 1.24 bits per heavy atom. The fraction of sp³-hybridized carbons (Fsp3) is 0.520. The number of aromatic nitrogens is 4. The summed E-state index contributed by atoms with van der Waals surface area (Å²) in [5, 5.41) is 4.60. The van der Waals surface area contributed by atoms with Crippen LogP contribution >= 0.6 is 12.2 Å². The van der Waals surface area contributed by atoms with E-state index in [0.717, 1.165) is 29.6 Å². The molecule has 0 bridgehead atoms. The number of hydrogen-bond donors (Lipinski definition) is 1. The molecule has 4 rings (SSSR count). The van der Waals surface area contributed by atoms with E-state index in [1.165, 1.54) is 11.2 Å². The van der Waals surface area contributed by atoms with Crippen LogP contribution in [0.3, 0.4) is 0 Å². The quantitative estimate of drug-likeness (QED) is 0.428. The van der Waals surface area contributed by atoms with Gasteiger partial charge in [-0.2, -0.15) is 9.40 Å². The molecular formula is C25H34N6O4S2. The maximum Gasteiger partial charge on any atom is 0.243 e. The maximum absolute atomic E-state index is 13.8. The number of rotatable bonds is 8. The summed E-state index contributed by atoms with van der Waals surface area (Å²) in [6.45, 7) is 6.94. The molecule has 3 aromatic rings. The lowest BCUT2D eigenvalue weighted by molar-refractivity contribution is -0.121. The number of likely N-dealkylation sites (N-methyl/N-ethyl adjacent to an activating group) is 1. The van der Waals surface area contributed by atoms with E-state index in [0.29, 0.717) is 47.9 Å². The van der Waals surface area contributed by atoms with Crippen LogP contribution in [0.1, 0.15) is 39.3 Å². The van der Waals surface area contributed by atoms with Gasteiger partial charge < -0.3 is 9.72 Å². The van der Waals surface area contributed by atoms with Crippen molar-refractivity contribution in [1.82, 2.24) is 29.0 Å². The normalized spacial score (nSPS) is 17.7. The van der Waals surface area contributed by atoms with Gasteiger partial charge in [-0.25, -0.2) is 13.4 Å². The SMILES string of the molecule is CCCc1nn(C)c2c(=S)nc(-c3cc(S(=O)(=O)N4CCCN(C)C(C(C)=O)C4)ccc3OCC)[nH]c12. The average Bonchev–Trinajstić information content (AvgIpc) is 3.02. The number of aryl methyl sites for hydroxylation is 2. The number of Topliss-reactive ketones (excluding diaryl/α,β-unsaturated/α-hetero) is 1. The number of ketones is 1. The van der Waals surface area contributed by atoms with Crippen molar-refractivity contribution < 1.29 is 17.9 Å². The van der Waals surface area contributed by atoms with E-state index in [-0.39, 0.29) is 17.2 Å². The highest BCUT2D eigenvalue weighted by atomic mass is 32.2. The number of sulfonamides is 1. The molecular weight excluding hydrogens is 512 g/mol. The molecule has 0 radical (unpaired) electrons. The summed E-state index contributed by atoms with van der Waals surface area (Å²) in [6.07, 6.45) is 2.31. The highest BCUT2D eigenvalue weighted by Gasteiger charge is 2.33. The number of benzene rings is 1. The second kappa shape index (κ2) is 11.0. The molecule has 1 N–H and O–H groups in total. The Bertz CT molecular complexity index is 1480. The highest BCUT2D eigenvalue weighted by Crippen LogP contribution is 2.33. The van der Waals surface area contributed by atoms with Crippen LogP contribution in [0.4, 0.5) is 0 Å². The van der Waals surface area contributed by atoms with Crippen molar-refractivity contribution in [3.63, 3.8) is 0 Å². The van der Waals surface area contributed by atoms with Gasteiger partial charge in [0.1, 0.15) is 22.9 Å². The predicted octanol–water partition coefficient (Wildman–Crippen LogP) is 3.33. The Balaban J connectivity index is 1.84. The molecule has 0 spiro atoms. The van der Waals surface area contributed by atoms with Crippen LogP contribution < -0.4 is 4.74 Å². The van der Waals surface area contributed by atoms with E-state index >= 15 is 0 Å². The number of ether oxygens (including phenoxy) is 1. The van der Waals surface area contributed by atoms with Gasteiger partial charge in [0.25, 0.3) is 0 Å². The zero-order valence-electron chi connectivity index (χ0n) is 21.9. The molecule has 1 saturated heterocycles. The summed E-state index contributed by atoms with van der Waals surface area (Å²) in [7, 11) is -0.203. The van der Waals surface area contributed by atoms with E-state index in [1.807, 2.05) is 25.9 Å². The van der Waals surface area contributed by atoms with Gasteiger partial charge in [0, 0.05) is 20.1 Å². The number of aromatic amines is 1. The minimum Gasteiger partial charge on any atom is -0.493 e. The minimum atomic E-state index is -3.89. The largest absolute Gasteiger partial charge is 0.493 e. The van der Waals surface area contributed by atoms with Gasteiger partial charge in [-0.05, 0) is 58.5 Å². The van der Waals surface area contributed by atoms with Crippen molar-refractivity contribution in [3.8, 4) is 17.1 Å². The van der Waals surface area contributed by atoms with E-state index in [4.69, 9.17) is 17.0 Å². The van der Waals surface area contributed by atoms with Crippen molar-refractivity contribution in [1.29, 1.82) is 0 Å². The first kappa shape index (κ1) is 27.4. The number of carbonyl (C=O) groups excluding carboxylic acids is 1. The van der Waals surface area contributed by atoms with E-state index in [2.05, 4.69) is 22.0 Å². The van der Waals surface area contributed by atoms with Crippen LogP contribution in [0.15, 0.2) is 23.1 Å². The van der Waals surface area contributed by atoms with Crippen LogP contribution in [-0.4, -0.2) is 82.5 Å². The summed E-state index contributed by atoms with van der Waals surface area (Å²) < 4.78 is 36.9. The highest BCUT2D eigenvalue weighted by molar-refractivity contribution is 7.89. The number of nitrogens with one attached hydrogen (secondary N) is 1. The maximum atomic E-state index is 13.8. The molecule has 200 valence electrons. The number of H-pyrrole nitrogens is 1. The monoisotopic (exact) mass is 546 g/mol. The zero-order chi connectivity index (χ0) is 26.9. The Kier molecular flexibility index (Phi) is 8.12. The van der Waals surface area contributed by atoms with Crippen molar-refractivity contribution in [2.45, 2.75) is 51.0 Å². The molecule has 2 aromatic heterocycles. The molecule has 1 aliphatic rings. The van der Waals surface area contributed by atoms with Gasteiger partial charge in [0.05, 0.1) is 34.3 Å². The second-order valence-corrected chi connectivity index (χ2v) is 11.7. The molecule has 1 aliphatic heterocycles. The summed E-state index contributed by atoms with van der Waals surface area (Å²) in [6, 6.07) is 4.28. The van der Waals surface area contributed by atoms with E-state index in [9.17, 15) is 13.2 Å². The second-order valence-electron chi connectivity index (χ2n) is 9.35. The summed E-state index contributed by atoms with van der Waals surface area (Å²) in [5.74, 6) is 0.860. The molecule has 12 heteroatoms. The van der Waals surface area contributed by atoms with Crippen LogP contribution in [0.2, 0.25) is 0 Å². The molecule has 0 saturated carbocycles. The number of fused-ring (bicyclic) bond motifs is 1. The number of carbonyl (C=O) groups is 1. The van der Waals surface area contributed by atoms with E-state index < -0.39 is 16.1 Å². The summed E-state index contributed by atoms with van der Waals surface area (Å²) in [5.41, 5.74) is 2.89. The Morgan fingerprint density at radius 2 is 2.00 bits per heavy atom. The standard InChI is InChI=1S/C25H34N6O4S2/c1-6-9-19-22-23(30(5)28-19)25(36)27-24(26-22)18-14-17(10-11-21(18)35-7-2)37(33,34)31-13-8-12-29(4)20(15-31)16(3)32/h10-11,14,20H,6-9,12-13,15H2,1-5H3,(H,26,27,36). The van der Waals surface area contributed by atoms with Crippen LogP contribution in [0.25, 0.3) is 22.4 Å². The predicted molar refractivity (Wildman–Crippen MR) is 145 cm³/mol. The van der Waals surface area contributed by atoms with Crippen molar-refractivity contribution in [2.24, 2.45) is 7.05 Å². The van der Waals surface area contributed by atoms with Crippen molar-refractivity contribution in [3.05, 3.63) is 28.5 Å². The molecule has 1 fully saturated rings. The van der Waals surface area contributed by atoms with Crippen LogP contribution in [0, 0.1) is 4.64 Å². The number of nitrogens with zero attached hydrogens (tertiary/aromatic N) is 5. The number of hydrogen-bond acceptors (Lipinski definition) is 8. The summed E-state index contributed by atoms with van der Waals surface area (Å²) in [4.78, 5) is 22.2. The fourth-order valence-corrected chi connectivity index (χ4v) is 6.65. The minimum absolute atomic E-state index is 0.0542. The van der Waals surface area contributed by atoms with Crippen molar-refractivity contribution in [2.75, 3.05) is 33.3 Å². The van der Waals surface area contributed by atoms with Gasteiger partial charge in [-0.1, -0.05) is 25.6 Å². The third kappa shape index (κ3) is 5.33. The molecule has 1 aromatic carbocycles. The topological polar surface area (TPSA) is 113 Å². The smallest absolute Gasteiger partial charge is 0.243 e. The lowest BCUT2D eigenvalue weighted by atomic mass is 10.1. The molecule has 37 heavy (non-hydrogen) atoms. The molecule has 1 atom stereocenters. The van der Waals surface area contributed by atoms with E-state index in [1.54, 1.807) is 22.9 Å². The zero-order valence-corrected chi connectivity index (χ0v) is 23.6. The van der Waals surface area contributed by atoms with Crippen molar-refractivity contribution >= 4 is 39.1 Å². The van der Waals surface area contributed by atoms with Gasteiger partial charge in [0.15, 0.2) is 4.64 Å². The first-order chi connectivity index (χ1) is 17.6. The lowest BCUT2D eigenvalue weighted by Crippen LogP contribution is -2.45. The molecule has 0 amide bonds. The molecule has 10 nitrogen and oxygen atoms in total. The molecule has 1 unspecified atom stereocenters. The third-order valence-electron chi connectivity index (χ3n) is 6.71. The fourth-order valence-electron chi connectivity index (χ4n) is 4.81. The van der Waals surface area contributed by atoms with Crippen LogP contribution in [0.5, 0.6) is 5.75 Å². The Labute approximate surface area is 222 Å². The Hall–Kier alpha value is -2.67. The first-order valence-electron chi connectivity index (χ1n) is 12.5. The third-order valence-corrected chi connectivity index (χ3v) is 8.85. The lowest BCUT2D eigenvalue weighted by Gasteiger charge is -2.26. The summed E-state index contributed by atoms with van der Waals surface area (Å²) >= 11 is 5.61. The van der Waals surface area contributed by atoms with Crippen LogP contribution in [-0.2, 0) is 28.3 Å². The van der Waals surface area contributed by atoms with Gasteiger partial charge in [0.2, 0.25) is 10.0 Å². The van der Waals surface area contributed by atoms with Gasteiger partial charge >= 0.3 is 0 Å². The van der Waals surface area contributed by atoms with Gasteiger partial charge in [-0.15, -0.1) is 0 Å². The van der Waals surface area contributed by atoms with Gasteiger partial charge in [-0.3, -0.25) is 14.4 Å².